The molecule has 0 saturated carbocycles. The Morgan fingerprint density at radius 1 is 0.517 bits per heavy atom. The Balaban J connectivity index is 0.000000209. The van der Waals surface area contributed by atoms with E-state index in [0.29, 0.717) is 105 Å². The van der Waals surface area contributed by atoms with Crippen LogP contribution in [0.3, 0.4) is 0 Å². The molecular formula is C66H83N7O14. The van der Waals surface area contributed by atoms with Gasteiger partial charge in [0.25, 0.3) is 11.1 Å². The van der Waals surface area contributed by atoms with Gasteiger partial charge in [0.15, 0.2) is 23.0 Å². The summed E-state index contributed by atoms with van der Waals surface area (Å²) in [6.07, 6.45) is 1.79. The Morgan fingerprint density at radius 3 is 1.36 bits per heavy atom. The maximum absolute atomic E-state index is 13.4. The Bertz CT molecular complexity index is 3560. The van der Waals surface area contributed by atoms with Crippen molar-refractivity contribution < 1.29 is 57.4 Å². The molecule has 2 saturated heterocycles. The largest absolute Gasteiger partial charge is 0.486 e. The summed E-state index contributed by atoms with van der Waals surface area (Å²) in [6.45, 7) is 24.7. The topological polar surface area (TPSA) is 222 Å². The third-order valence-corrected chi connectivity index (χ3v) is 15.4. The van der Waals surface area contributed by atoms with Gasteiger partial charge < -0.3 is 67.0 Å². The van der Waals surface area contributed by atoms with Crippen molar-refractivity contribution in [3.8, 4) is 23.0 Å². The first kappa shape index (κ1) is 63.2. The van der Waals surface area contributed by atoms with Crippen molar-refractivity contribution in [2.24, 2.45) is 0 Å². The Kier molecular flexibility index (Phi) is 19.7. The molecule has 0 unspecified atom stereocenters. The molecule has 0 radical (unpaired) electrons. The van der Waals surface area contributed by atoms with E-state index in [0.717, 1.165) is 73.9 Å². The lowest BCUT2D eigenvalue weighted by Gasteiger charge is -2.39. The van der Waals surface area contributed by atoms with Crippen LogP contribution in [0.25, 0.3) is 21.8 Å². The van der Waals surface area contributed by atoms with E-state index in [4.69, 9.17) is 33.2 Å². The number of pyridine rings is 2. The summed E-state index contributed by atoms with van der Waals surface area (Å²) in [4.78, 5) is 85.2. The predicted molar refractivity (Wildman–Crippen MR) is 331 cm³/mol. The second-order valence-corrected chi connectivity index (χ2v) is 25.4. The van der Waals surface area contributed by atoms with Crippen LogP contribution in [0.15, 0.2) is 107 Å². The molecule has 2 N–H and O–H groups in total. The molecule has 2 aromatic heterocycles. The number of anilines is 1. The predicted octanol–water partition coefficient (Wildman–Crippen LogP) is 10.4. The van der Waals surface area contributed by atoms with Crippen molar-refractivity contribution in [3.63, 3.8) is 0 Å². The number of carboxylic acids is 1. The van der Waals surface area contributed by atoms with Gasteiger partial charge >= 0.3 is 24.2 Å². The van der Waals surface area contributed by atoms with Crippen LogP contribution < -0.4 is 35.4 Å². The number of rotatable bonds is 14. The molecule has 0 aliphatic carbocycles. The molecule has 0 spiro atoms. The molecule has 10 rings (SSSR count). The summed E-state index contributed by atoms with van der Waals surface area (Å²) in [7, 11) is 0. The van der Waals surface area contributed by atoms with Gasteiger partial charge in [-0.25, -0.2) is 19.2 Å². The highest BCUT2D eigenvalue weighted by Gasteiger charge is 2.34. The number of carbonyl (C=O) groups is 4. The molecule has 6 aromatic rings. The number of piperidine rings is 2. The zero-order valence-electron chi connectivity index (χ0n) is 51.6. The van der Waals surface area contributed by atoms with Gasteiger partial charge in [0, 0.05) is 100 Å². The van der Waals surface area contributed by atoms with Crippen LogP contribution in [-0.4, -0.2) is 153 Å². The van der Waals surface area contributed by atoms with Crippen molar-refractivity contribution in [3.05, 3.63) is 134 Å². The van der Waals surface area contributed by atoms with Crippen LogP contribution in [0.4, 0.5) is 20.1 Å². The van der Waals surface area contributed by atoms with Crippen molar-refractivity contribution in [2.75, 3.05) is 71.0 Å². The summed E-state index contributed by atoms with van der Waals surface area (Å²) >= 11 is 0. The van der Waals surface area contributed by atoms with Gasteiger partial charge in [-0.05, 0) is 136 Å². The molecule has 4 aliphatic rings. The highest BCUT2D eigenvalue weighted by molar-refractivity contribution is 6.02. The Hall–Kier alpha value is -8.30. The van der Waals surface area contributed by atoms with Gasteiger partial charge in [-0.3, -0.25) is 14.9 Å². The van der Waals surface area contributed by atoms with Crippen molar-refractivity contribution in [2.45, 2.75) is 143 Å². The van der Waals surface area contributed by atoms with Gasteiger partial charge in [0.1, 0.15) is 43.2 Å². The SMILES string of the molecule is CC(C)(C)OC(=O)N(Cc1ccc2c(c1)OCCO2)C1CCN(CCn2c(=O)cc(C(=O)O)c3ccccc32)CC1.CC(C)(C)OC(=O)Nc1cc(=O)n(CCN2CCC(N(Cc3ccc4c(c3)OCCO4)C(=O)OC(C)(C)C)CC2)c2ccccc12. The van der Waals surface area contributed by atoms with Crippen LogP contribution in [0.2, 0.25) is 0 Å². The van der Waals surface area contributed by atoms with Gasteiger partial charge in [0.2, 0.25) is 0 Å². The minimum Gasteiger partial charge on any atom is -0.486 e. The second kappa shape index (κ2) is 27.2. The van der Waals surface area contributed by atoms with E-state index in [1.54, 1.807) is 48.1 Å². The molecule has 87 heavy (non-hydrogen) atoms. The summed E-state index contributed by atoms with van der Waals surface area (Å²) in [5.41, 5.74) is 1.28. The lowest BCUT2D eigenvalue weighted by Crippen LogP contribution is -2.49. The van der Waals surface area contributed by atoms with E-state index in [-0.39, 0.29) is 41.0 Å². The van der Waals surface area contributed by atoms with E-state index in [9.17, 15) is 33.9 Å². The highest BCUT2D eigenvalue weighted by Crippen LogP contribution is 2.34. The fourth-order valence-electron chi connectivity index (χ4n) is 11.3. The Labute approximate surface area is 507 Å². The highest BCUT2D eigenvalue weighted by atomic mass is 16.6. The Morgan fingerprint density at radius 2 is 0.920 bits per heavy atom. The number of aromatic nitrogens is 2. The van der Waals surface area contributed by atoms with Crippen molar-refractivity contribution >= 4 is 51.7 Å². The van der Waals surface area contributed by atoms with E-state index >= 15 is 0 Å². The first-order valence-corrected chi connectivity index (χ1v) is 30.0. The minimum absolute atomic E-state index is 0.000987. The van der Waals surface area contributed by atoms with Gasteiger partial charge in [-0.1, -0.05) is 48.5 Å². The monoisotopic (exact) mass is 1200 g/mol. The number of ether oxygens (including phenoxy) is 7. The molecule has 4 aliphatic heterocycles. The maximum atomic E-state index is 13.4. The summed E-state index contributed by atoms with van der Waals surface area (Å²) < 4.78 is 43.2. The zero-order chi connectivity index (χ0) is 62.2. The quantitative estimate of drug-likeness (QED) is 0.0968. The summed E-state index contributed by atoms with van der Waals surface area (Å²) in [5, 5.41) is 13.6. The number of hydrogen-bond donors (Lipinski definition) is 2. The van der Waals surface area contributed by atoms with E-state index < -0.39 is 28.9 Å². The van der Waals surface area contributed by atoms with Crippen LogP contribution in [0.1, 0.15) is 109 Å². The number of aromatic carboxylic acids is 1. The summed E-state index contributed by atoms with van der Waals surface area (Å²) in [6, 6.07) is 28.9. The van der Waals surface area contributed by atoms with Crippen LogP contribution in [0, 0.1) is 0 Å². The number of nitrogens with zero attached hydrogens (tertiary/aromatic N) is 6. The van der Waals surface area contributed by atoms with Gasteiger partial charge in [-0.15, -0.1) is 0 Å². The lowest BCUT2D eigenvalue weighted by atomic mass is 10.0. The molecule has 6 heterocycles. The van der Waals surface area contributed by atoms with Crippen LogP contribution in [-0.2, 0) is 40.4 Å². The second-order valence-electron chi connectivity index (χ2n) is 25.4. The fraction of sp³-hybridized carbons (Fsp3) is 0.485. The number of benzene rings is 4. The number of nitrogens with one attached hydrogen (secondary N) is 1. The first-order valence-electron chi connectivity index (χ1n) is 30.0. The minimum atomic E-state index is -1.11. The third-order valence-electron chi connectivity index (χ3n) is 15.4. The molecule has 0 bridgehead atoms. The third kappa shape index (κ3) is 16.8. The van der Waals surface area contributed by atoms with Crippen molar-refractivity contribution in [1.82, 2.24) is 28.7 Å². The number of likely N-dealkylation sites (tertiary alicyclic amines) is 2. The van der Waals surface area contributed by atoms with Gasteiger partial charge in [-0.2, -0.15) is 0 Å². The molecule has 21 heteroatoms. The summed E-state index contributed by atoms with van der Waals surface area (Å²) in [5.74, 6) is 1.69. The molecule has 466 valence electrons. The van der Waals surface area contributed by atoms with E-state index in [1.165, 1.54) is 12.1 Å². The molecule has 0 atom stereocenters. The van der Waals surface area contributed by atoms with Crippen molar-refractivity contribution in [1.29, 1.82) is 0 Å². The standard InChI is InChI=1S/C35H46N4O7.C31H37N3O7/c1-34(2,3)45-32(41)36-27-22-31(40)38(28-10-8-7-9-26(27)28)18-17-37-15-13-25(14-16-37)39(33(42)46-35(4,5)6)23-24-11-12-29-30(21-24)44-20-19-43-29;1-31(2,3)41-30(38)34(20-21-8-9-26-27(18-21)40-17-16-39-26)22-10-12-32(13-11-22)14-15-33-25-7-5-4-6-23(25)24(29(36)37)19-28(33)35/h7-12,21-22,25H,13-20,23H2,1-6H3,(H,36,41);4-9,18-19,22H,10-17,20H2,1-3H3,(H,36,37). The number of hydrogen-bond acceptors (Lipinski definition) is 15. The molecular weight excluding hydrogens is 1110 g/mol. The normalized spacial score (nSPS) is 15.9. The molecule has 2 fully saturated rings. The number of carboxylic acid groups (broad SMARTS) is 1. The number of amides is 3. The van der Waals surface area contributed by atoms with Crippen LogP contribution in [0.5, 0.6) is 23.0 Å². The van der Waals surface area contributed by atoms with Crippen LogP contribution >= 0.6 is 0 Å². The smallest absolute Gasteiger partial charge is 0.412 e. The molecule has 3 amide bonds. The number of para-hydroxylation sites is 2. The van der Waals surface area contributed by atoms with Gasteiger partial charge in [0.05, 0.1) is 22.3 Å². The average Bonchev–Trinajstić information content (AvgIpc) is 2.09. The fourth-order valence-corrected chi connectivity index (χ4v) is 11.3. The zero-order valence-corrected chi connectivity index (χ0v) is 51.6. The lowest BCUT2D eigenvalue weighted by molar-refractivity contribution is 0.00468. The average molecular weight is 1200 g/mol. The maximum Gasteiger partial charge on any atom is 0.412 e. The van der Waals surface area contributed by atoms with E-state index in [1.807, 2.05) is 118 Å². The van der Waals surface area contributed by atoms with E-state index in [2.05, 4.69) is 15.1 Å². The molecule has 21 nitrogen and oxygen atoms in total. The number of fused-ring (bicyclic) bond motifs is 4. The first-order chi connectivity index (χ1) is 41.3. The molecule has 4 aromatic carbocycles. The number of carbonyl (C=O) groups excluding carboxylic acids is 3.